The van der Waals surface area contributed by atoms with Crippen LogP contribution >= 0.6 is 0 Å². The van der Waals surface area contributed by atoms with Gasteiger partial charge in [-0.3, -0.25) is 24.6 Å². The molecule has 0 bridgehead atoms. The fraction of sp³-hybridized carbons (Fsp3) is 0.323. The van der Waals surface area contributed by atoms with Gasteiger partial charge < -0.3 is 14.8 Å². The van der Waals surface area contributed by atoms with E-state index in [1.807, 2.05) is 67.6 Å². The average molecular weight is 526 g/mol. The number of benzene rings is 3. The highest BCUT2D eigenvalue weighted by atomic mass is 16.5. The number of aromatic nitrogens is 1. The molecule has 0 radical (unpaired) electrons. The second kappa shape index (κ2) is 9.54. The number of imide groups is 1. The molecule has 8 heteroatoms. The number of carbonyl (C=O) groups excluding carboxylic acids is 2. The van der Waals surface area contributed by atoms with Gasteiger partial charge in [-0.15, -0.1) is 0 Å². The Labute approximate surface area is 225 Å². The summed E-state index contributed by atoms with van der Waals surface area (Å²) in [4.78, 5) is 45.6. The quantitative estimate of drug-likeness (QED) is 0.293. The number of H-pyrrole nitrogens is 1. The number of carboxylic acid groups (broad SMARTS) is 1. The van der Waals surface area contributed by atoms with Crippen molar-refractivity contribution < 1.29 is 24.2 Å². The largest absolute Gasteiger partial charge is 0.496 e. The predicted octanol–water partition coefficient (Wildman–Crippen LogP) is 4.44. The Kier molecular flexibility index (Phi) is 6.14. The third-order valence-corrected chi connectivity index (χ3v) is 8.48. The number of carbonyl (C=O) groups is 3. The van der Waals surface area contributed by atoms with Crippen LogP contribution in [-0.2, 0) is 20.8 Å². The van der Waals surface area contributed by atoms with Crippen molar-refractivity contribution in [1.82, 2.24) is 15.2 Å². The highest BCUT2D eigenvalue weighted by Gasteiger charge is 2.68. The molecule has 2 aliphatic rings. The second-order valence-electron chi connectivity index (χ2n) is 10.5. The summed E-state index contributed by atoms with van der Waals surface area (Å²) in [7, 11) is 1.60. The molecule has 4 unspecified atom stereocenters. The van der Waals surface area contributed by atoms with Crippen molar-refractivity contribution in [2.24, 2.45) is 11.8 Å². The molecule has 0 aliphatic carbocycles. The Morgan fingerprint density at radius 3 is 2.44 bits per heavy atom. The molecule has 6 rings (SSSR count). The van der Waals surface area contributed by atoms with Crippen molar-refractivity contribution in [2.45, 2.75) is 37.8 Å². The number of fused-ring (bicyclic) bond motifs is 3. The van der Waals surface area contributed by atoms with E-state index in [0.717, 1.165) is 39.2 Å². The third kappa shape index (κ3) is 3.73. The van der Waals surface area contributed by atoms with Crippen LogP contribution in [-0.4, -0.2) is 52.0 Å². The van der Waals surface area contributed by atoms with E-state index in [4.69, 9.17) is 4.74 Å². The molecule has 3 N–H and O–H groups in total. The van der Waals surface area contributed by atoms with E-state index in [9.17, 15) is 19.5 Å². The SMILES string of the molecule is CCCCN1C(=O)C2C(c3ccc(OC)c4ccccc34)NC(Cc3c[nH]c4ccccc34)(C(=O)O)C2C1=O. The van der Waals surface area contributed by atoms with Gasteiger partial charge in [0.15, 0.2) is 0 Å². The highest BCUT2D eigenvalue weighted by molar-refractivity contribution is 6.10. The van der Waals surface area contributed by atoms with Crippen LogP contribution in [0.1, 0.15) is 36.9 Å². The maximum Gasteiger partial charge on any atom is 0.325 e. The number of ether oxygens (including phenoxy) is 1. The molecule has 39 heavy (non-hydrogen) atoms. The minimum Gasteiger partial charge on any atom is -0.496 e. The van der Waals surface area contributed by atoms with Gasteiger partial charge in [-0.2, -0.15) is 0 Å². The van der Waals surface area contributed by atoms with E-state index >= 15 is 0 Å². The lowest BCUT2D eigenvalue weighted by Gasteiger charge is -2.31. The number of carboxylic acids is 1. The lowest BCUT2D eigenvalue weighted by Crippen LogP contribution is -2.57. The summed E-state index contributed by atoms with van der Waals surface area (Å²) in [5.74, 6) is -3.05. The normalized spacial score (nSPS) is 24.6. The summed E-state index contributed by atoms with van der Waals surface area (Å²) in [5.41, 5.74) is 0.780. The van der Waals surface area contributed by atoms with Crippen molar-refractivity contribution in [3.8, 4) is 5.75 Å². The fourth-order valence-electron chi connectivity index (χ4n) is 6.62. The van der Waals surface area contributed by atoms with E-state index in [1.165, 1.54) is 4.90 Å². The number of likely N-dealkylation sites (tertiary alicyclic amines) is 1. The van der Waals surface area contributed by atoms with Crippen LogP contribution in [0.3, 0.4) is 0 Å². The number of para-hydroxylation sites is 1. The van der Waals surface area contributed by atoms with Gasteiger partial charge in [-0.25, -0.2) is 0 Å². The van der Waals surface area contributed by atoms with Gasteiger partial charge in [0.2, 0.25) is 11.8 Å². The van der Waals surface area contributed by atoms with E-state index in [0.29, 0.717) is 18.7 Å². The maximum absolute atomic E-state index is 13.9. The summed E-state index contributed by atoms with van der Waals surface area (Å²) in [6, 6.07) is 18.4. The molecular weight excluding hydrogens is 494 g/mol. The first-order valence-corrected chi connectivity index (χ1v) is 13.4. The van der Waals surface area contributed by atoms with Crippen molar-refractivity contribution in [3.05, 3.63) is 78.0 Å². The first kappa shape index (κ1) is 25.1. The van der Waals surface area contributed by atoms with Crippen LogP contribution < -0.4 is 10.1 Å². The number of nitrogens with zero attached hydrogens (tertiary/aromatic N) is 1. The van der Waals surface area contributed by atoms with Crippen molar-refractivity contribution in [3.63, 3.8) is 0 Å². The van der Waals surface area contributed by atoms with Gasteiger partial charge in [-0.1, -0.05) is 61.9 Å². The zero-order valence-corrected chi connectivity index (χ0v) is 21.9. The van der Waals surface area contributed by atoms with E-state index in [2.05, 4.69) is 10.3 Å². The summed E-state index contributed by atoms with van der Waals surface area (Å²) in [6.07, 6.45) is 3.34. The van der Waals surface area contributed by atoms with E-state index in [-0.39, 0.29) is 12.3 Å². The van der Waals surface area contributed by atoms with E-state index < -0.39 is 35.3 Å². The van der Waals surface area contributed by atoms with Crippen LogP contribution in [0.4, 0.5) is 0 Å². The van der Waals surface area contributed by atoms with Gasteiger partial charge in [0, 0.05) is 41.5 Å². The number of aliphatic carboxylic acids is 1. The monoisotopic (exact) mass is 525 g/mol. The van der Waals surface area contributed by atoms with Crippen LogP contribution in [0.15, 0.2) is 66.9 Å². The number of methoxy groups -OCH3 is 1. The van der Waals surface area contributed by atoms with Gasteiger partial charge in [0.05, 0.1) is 18.9 Å². The van der Waals surface area contributed by atoms with Gasteiger partial charge in [-0.05, 0) is 35.1 Å². The first-order chi connectivity index (χ1) is 18.9. The number of hydrogen-bond acceptors (Lipinski definition) is 5. The Bertz CT molecular complexity index is 1610. The summed E-state index contributed by atoms with van der Waals surface area (Å²) < 4.78 is 5.57. The van der Waals surface area contributed by atoms with Gasteiger partial charge in [0.1, 0.15) is 11.3 Å². The van der Waals surface area contributed by atoms with Crippen LogP contribution in [0.25, 0.3) is 21.7 Å². The van der Waals surface area contributed by atoms with Crippen LogP contribution in [0, 0.1) is 11.8 Å². The van der Waals surface area contributed by atoms with Crippen molar-refractivity contribution in [2.75, 3.05) is 13.7 Å². The lowest BCUT2D eigenvalue weighted by molar-refractivity contribution is -0.151. The van der Waals surface area contributed by atoms with Crippen LogP contribution in [0.2, 0.25) is 0 Å². The number of hydrogen-bond donors (Lipinski definition) is 3. The van der Waals surface area contributed by atoms with E-state index in [1.54, 1.807) is 13.3 Å². The van der Waals surface area contributed by atoms with Crippen molar-refractivity contribution >= 4 is 39.5 Å². The molecule has 0 spiro atoms. The number of nitrogens with one attached hydrogen (secondary N) is 2. The average Bonchev–Trinajstić information content (AvgIpc) is 3.59. The Morgan fingerprint density at radius 2 is 1.72 bits per heavy atom. The molecule has 8 nitrogen and oxygen atoms in total. The molecule has 4 atom stereocenters. The van der Waals surface area contributed by atoms with Crippen LogP contribution in [0.5, 0.6) is 5.75 Å². The smallest absolute Gasteiger partial charge is 0.325 e. The van der Waals surface area contributed by atoms with Gasteiger partial charge in [0.25, 0.3) is 0 Å². The standard InChI is InChI=1S/C31H31N3O5/c1-3-4-15-34-28(35)25-26(29(34)36)31(30(37)38,16-18-17-32-23-12-8-7-9-19(18)23)33-27(25)22-13-14-24(39-2)21-11-6-5-10-20(21)22/h5-14,17,25-27,32-33H,3-4,15-16H2,1-2H3,(H,37,38). The molecule has 2 amide bonds. The molecule has 3 heterocycles. The topological polar surface area (TPSA) is 112 Å². The summed E-state index contributed by atoms with van der Waals surface area (Å²) in [5, 5.41) is 16.8. The van der Waals surface area contributed by atoms with Crippen molar-refractivity contribution in [1.29, 1.82) is 0 Å². The summed E-state index contributed by atoms with van der Waals surface area (Å²) >= 11 is 0. The summed E-state index contributed by atoms with van der Waals surface area (Å²) in [6.45, 7) is 2.29. The Hall–Kier alpha value is -4.17. The molecule has 2 fully saturated rings. The minimum absolute atomic E-state index is 0.0543. The molecule has 1 aromatic heterocycles. The number of unbranched alkanes of at least 4 members (excludes halogenated alkanes) is 1. The Balaban J connectivity index is 1.53. The highest BCUT2D eigenvalue weighted by Crippen LogP contribution is 2.51. The molecule has 0 saturated carbocycles. The molecule has 200 valence electrons. The first-order valence-electron chi connectivity index (χ1n) is 13.4. The fourth-order valence-corrected chi connectivity index (χ4v) is 6.62. The molecule has 3 aromatic carbocycles. The number of rotatable bonds is 8. The molecule has 4 aromatic rings. The third-order valence-electron chi connectivity index (χ3n) is 8.48. The lowest BCUT2D eigenvalue weighted by atomic mass is 9.76. The Morgan fingerprint density at radius 1 is 1.00 bits per heavy atom. The zero-order valence-electron chi connectivity index (χ0n) is 21.9. The number of amides is 2. The zero-order chi connectivity index (χ0) is 27.3. The molecule has 2 saturated heterocycles. The molecular formula is C31H31N3O5. The predicted molar refractivity (Wildman–Crippen MR) is 147 cm³/mol. The maximum atomic E-state index is 13.9. The second-order valence-corrected chi connectivity index (χ2v) is 10.5. The minimum atomic E-state index is -1.67. The van der Waals surface area contributed by atoms with Gasteiger partial charge >= 0.3 is 5.97 Å². The number of aromatic amines is 1. The molecule has 2 aliphatic heterocycles.